The number of sulfonamides is 1. The molecule has 28 heavy (non-hydrogen) atoms. The van der Waals surface area contributed by atoms with E-state index in [1.54, 1.807) is 11.8 Å². The fraction of sp³-hybridized carbons (Fsp3) is 0.812. The summed E-state index contributed by atoms with van der Waals surface area (Å²) in [7, 11) is -3.66. The number of hydrogen-bond donors (Lipinski definition) is 2. The van der Waals surface area contributed by atoms with Gasteiger partial charge in [-0.25, -0.2) is 17.9 Å². The van der Waals surface area contributed by atoms with E-state index in [2.05, 4.69) is 27.2 Å². The first-order chi connectivity index (χ1) is 13.4. The molecule has 2 amide bonds. The highest BCUT2D eigenvalue weighted by Gasteiger charge is 2.26. The van der Waals surface area contributed by atoms with Crippen molar-refractivity contribution >= 4 is 56.0 Å². The number of amides is 2. The van der Waals surface area contributed by atoms with E-state index in [-0.39, 0.29) is 22.0 Å². The van der Waals surface area contributed by atoms with Gasteiger partial charge in [-0.1, -0.05) is 38.5 Å². The van der Waals surface area contributed by atoms with E-state index in [1.807, 2.05) is 30.4 Å². The maximum absolute atomic E-state index is 12.6. The first kappa shape index (κ1) is 23.7. The summed E-state index contributed by atoms with van der Waals surface area (Å²) in [6.45, 7) is 7.52. The van der Waals surface area contributed by atoms with Crippen LogP contribution >= 0.6 is 34.9 Å². The Morgan fingerprint density at radius 3 is 2.64 bits per heavy atom. The van der Waals surface area contributed by atoms with Crippen molar-refractivity contribution < 1.29 is 13.2 Å². The fourth-order valence-corrected chi connectivity index (χ4v) is 8.22. The molecule has 2 unspecified atom stereocenters. The zero-order valence-electron chi connectivity index (χ0n) is 16.5. The Hall–Kier alpha value is -0.560. The van der Waals surface area contributed by atoms with Crippen molar-refractivity contribution in [2.75, 3.05) is 30.7 Å². The Balaban J connectivity index is 1.90. The number of anilines is 1. The molecule has 0 aliphatic carbocycles. The number of carbonyl (C=O) groups excluding carboxylic acids is 1. The molecule has 1 aromatic rings. The number of nitrogens with one attached hydrogen (secondary N) is 2. The van der Waals surface area contributed by atoms with Gasteiger partial charge in [0.15, 0.2) is 0 Å². The lowest BCUT2D eigenvalue weighted by Crippen LogP contribution is -2.37. The molecular formula is C16H29N5O3S4. The van der Waals surface area contributed by atoms with Crippen LogP contribution in [0.4, 0.5) is 9.93 Å². The van der Waals surface area contributed by atoms with Gasteiger partial charge in [0.1, 0.15) is 0 Å². The van der Waals surface area contributed by atoms with Crippen molar-refractivity contribution in [1.29, 1.82) is 0 Å². The molecule has 2 heterocycles. The molecule has 2 rings (SSSR count). The maximum atomic E-state index is 12.6. The molecule has 0 bridgehead atoms. The predicted molar refractivity (Wildman–Crippen MR) is 119 cm³/mol. The third-order valence-electron chi connectivity index (χ3n) is 4.02. The van der Waals surface area contributed by atoms with Gasteiger partial charge in [0.25, 0.3) is 10.0 Å². The summed E-state index contributed by atoms with van der Waals surface area (Å²) in [6, 6.07) is -0.261. The van der Waals surface area contributed by atoms with Crippen LogP contribution in [0.3, 0.4) is 0 Å². The normalized spacial score (nSPS) is 19.7. The molecule has 2 atom stereocenters. The molecule has 0 aromatic carbocycles. The number of hydrogen-bond acceptors (Lipinski definition) is 8. The first-order valence-corrected chi connectivity index (χ1v) is 13.8. The number of carbonyl (C=O) groups is 1. The highest BCUT2D eigenvalue weighted by molar-refractivity contribution is 8.20. The van der Waals surface area contributed by atoms with Crippen molar-refractivity contribution in [1.82, 2.24) is 19.8 Å². The molecule has 160 valence electrons. The molecule has 1 saturated heterocycles. The van der Waals surface area contributed by atoms with Crippen LogP contribution in [-0.4, -0.2) is 64.8 Å². The Morgan fingerprint density at radius 2 is 1.96 bits per heavy atom. The van der Waals surface area contributed by atoms with Gasteiger partial charge in [0.05, 0.1) is 4.58 Å². The van der Waals surface area contributed by atoms with E-state index in [4.69, 9.17) is 0 Å². The van der Waals surface area contributed by atoms with Gasteiger partial charge in [-0.3, -0.25) is 5.32 Å². The largest absolute Gasteiger partial charge is 0.324 e. The standard InChI is InChI=1S/C16H29N5O3S4/c1-4-7-12-11-25-13(26-12)8-10-21(9-5-2)15(22)18-14-19-20-16(27-14)28(23,24)17-6-3/h12-13,17H,4-11H2,1-3H3,(H,18,19,22). The lowest BCUT2D eigenvalue weighted by atomic mass is 10.3. The van der Waals surface area contributed by atoms with Gasteiger partial charge < -0.3 is 4.90 Å². The molecule has 12 heteroatoms. The van der Waals surface area contributed by atoms with E-state index < -0.39 is 10.0 Å². The van der Waals surface area contributed by atoms with Gasteiger partial charge in [0, 0.05) is 30.6 Å². The zero-order valence-corrected chi connectivity index (χ0v) is 19.8. The van der Waals surface area contributed by atoms with E-state index >= 15 is 0 Å². The van der Waals surface area contributed by atoms with Gasteiger partial charge in [-0.2, -0.15) is 0 Å². The Kier molecular flexibility index (Phi) is 9.81. The number of rotatable bonds is 11. The van der Waals surface area contributed by atoms with Gasteiger partial charge in [-0.05, 0) is 19.3 Å². The topological polar surface area (TPSA) is 104 Å². The zero-order chi connectivity index (χ0) is 20.6. The van der Waals surface area contributed by atoms with Gasteiger partial charge in [0.2, 0.25) is 9.47 Å². The second-order valence-electron chi connectivity index (χ2n) is 6.39. The summed E-state index contributed by atoms with van der Waals surface area (Å²) in [4.78, 5) is 14.4. The molecular weight excluding hydrogens is 438 g/mol. The maximum Gasteiger partial charge on any atom is 0.323 e. The smallest absolute Gasteiger partial charge is 0.323 e. The van der Waals surface area contributed by atoms with Crippen LogP contribution in [-0.2, 0) is 10.0 Å². The average Bonchev–Trinajstić information content (AvgIpc) is 3.29. The van der Waals surface area contributed by atoms with Crippen molar-refractivity contribution in [2.24, 2.45) is 0 Å². The Bertz CT molecular complexity index is 728. The first-order valence-electron chi connectivity index (χ1n) is 9.55. The number of nitrogens with zero attached hydrogens (tertiary/aromatic N) is 3. The number of urea groups is 1. The molecule has 1 aliphatic rings. The van der Waals surface area contributed by atoms with Crippen molar-refractivity contribution in [3.8, 4) is 0 Å². The van der Waals surface area contributed by atoms with E-state index in [9.17, 15) is 13.2 Å². The van der Waals surface area contributed by atoms with Crippen molar-refractivity contribution in [2.45, 2.75) is 60.6 Å². The molecule has 8 nitrogen and oxygen atoms in total. The van der Waals surface area contributed by atoms with Gasteiger partial charge in [-0.15, -0.1) is 33.7 Å². The summed E-state index contributed by atoms with van der Waals surface area (Å²) in [6.07, 6.45) is 4.26. The summed E-state index contributed by atoms with van der Waals surface area (Å²) in [5.41, 5.74) is 0. The Morgan fingerprint density at radius 1 is 1.18 bits per heavy atom. The number of thioether (sulfide) groups is 2. The summed E-state index contributed by atoms with van der Waals surface area (Å²) in [5.74, 6) is 1.19. The predicted octanol–water partition coefficient (Wildman–Crippen LogP) is 3.45. The summed E-state index contributed by atoms with van der Waals surface area (Å²) >= 11 is 4.87. The van der Waals surface area contributed by atoms with Crippen LogP contribution in [0.2, 0.25) is 0 Å². The lowest BCUT2D eigenvalue weighted by Gasteiger charge is -2.23. The molecule has 1 fully saturated rings. The molecule has 0 spiro atoms. The van der Waals surface area contributed by atoms with E-state index in [0.717, 1.165) is 29.4 Å². The Labute approximate surface area is 180 Å². The third-order valence-corrected chi connectivity index (χ3v) is 10.3. The van der Waals surface area contributed by atoms with Gasteiger partial charge >= 0.3 is 6.03 Å². The monoisotopic (exact) mass is 467 g/mol. The molecule has 0 radical (unpaired) electrons. The molecule has 1 aromatic heterocycles. The van der Waals surface area contributed by atoms with E-state index in [0.29, 0.717) is 17.7 Å². The molecule has 2 N–H and O–H groups in total. The fourth-order valence-electron chi connectivity index (χ4n) is 2.77. The average molecular weight is 468 g/mol. The van der Waals surface area contributed by atoms with Crippen LogP contribution in [0.15, 0.2) is 4.34 Å². The highest BCUT2D eigenvalue weighted by Crippen LogP contribution is 2.41. The summed E-state index contributed by atoms with van der Waals surface area (Å²) < 4.78 is 26.7. The number of aromatic nitrogens is 2. The van der Waals surface area contributed by atoms with Crippen molar-refractivity contribution in [3.63, 3.8) is 0 Å². The van der Waals surface area contributed by atoms with E-state index in [1.165, 1.54) is 18.6 Å². The van der Waals surface area contributed by atoms with Crippen LogP contribution in [0.1, 0.15) is 46.5 Å². The molecule has 1 aliphatic heterocycles. The second-order valence-corrected chi connectivity index (χ2v) is 12.4. The van der Waals surface area contributed by atoms with Crippen LogP contribution in [0.25, 0.3) is 0 Å². The van der Waals surface area contributed by atoms with Crippen LogP contribution in [0, 0.1) is 0 Å². The van der Waals surface area contributed by atoms with Crippen molar-refractivity contribution in [3.05, 3.63) is 0 Å². The minimum absolute atomic E-state index is 0.146. The summed E-state index contributed by atoms with van der Waals surface area (Å²) in [5, 5.41) is 11.1. The second kappa shape index (κ2) is 11.6. The minimum Gasteiger partial charge on any atom is -0.324 e. The van der Waals surface area contributed by atoms with Crippen LogP contribution in [0.5, 0.6) is 0 Å². The quantitative estimate of drug-likeness (QED) is 0.480. The molecule has 0 saturated carbocycles. The van der Waals surface area contributed by atoms with Crippen LogP contribution < -0.4 is 10.0 Å². The lowest BCUT2D eigenvalue weighted by molar-refractivity contribution is 0.211. The minimum atomic E-state index is -3.66. The highest BCUT2D eigenvalue weighted by atomic mass is 32.2. The SMILES string of the molecule is CCCC1CSC(CCN(CCC)C(=O)Nc2nnc(S(=O)(=O)NCC)s2)S1. The third kappa shape index (κ3) is 7.05.